The van der Waals surface area contributed by atoms with Crippen molar-refractivity contribution in [2.45, 2.75) is 6.10 Å². The molecule has 1 saturated heterocycles. The zero-order valence-electron chi connectivity index (χ0n) is 8.72. The number of methoxy groups -OCH3 is 1. The minimum Gasteiger partial charge on any atom is -0.748 e. The Morgan fingerprint density at radius 1 is 1.47 bits per heavy atom. The lowest BCUT2D eigenvalue weighted by molar-refractivity contribution is 0.00824. The molecule has 1 fully saturated rings. The van der Waals surface area contributed by atoms with Gasteiger partial charge in [0.1, 0.15) is 0 Å². The topological polar surface area (TPSA) is 78.9 Å². The first-order chi connectivity index (χ1) is 7.01. The second kappa shape index (κ2) is 5.76. The average molecular weight is 238 g/mol. The van der Waals surface area contributed by atoms with Gasteiger partial charge in [0.15, 0.2) is 0 Å². The minimum atomic E-state index is -4.22. The second-order valence-electron chi connectivity index (χ2n) is 3.50. The van der Waals surface area contributed by atoms with E-state index in [9.17, 15) is 13.0 Å². The molecule has 0 aromatic heterocycles. The van der Waals surface area contributed by atoms with Crippen LogP contribution in [-0.2, 0) is 19.6 Å². The van der Waals surface area contributed by atoms with Gasteiger partial charge in [0.2, 0.25) is 0 Å². The molecular formula is C8H16NO5S-. The van der Waals surface area contributed by atoms with Gasteiger partial charge in [-0.3, -0.25) is 4.90 Å². The van der Waals surface area contributed by atoms with E-state index in [1.807, 2.05) is 4.90 Å². The molecule has 1 aliphatic rings. The molecule has 0 aromatic rings. The average Bonchev–Trinajstić information content (AvgIpc) is 2.16. The molecule has 0 aliphatic carbocycles. The Hall–Kier alpha value is -0.210. The fraction of sp³-hybridized carbons (Fsp3) is 1.00. The molecule has 0 spiro atoms. The number of ether oxygens (including phenoxy) is 2. The zero-order chi connectivity index (χ0) is 11.3. The molecule has 15 heavy (non-hydrogen) atoms. The molecule has 0 bridgehead atoms. The van der Waals surface area contributed by atoms with Gasteiger partial charge in [0.25, 0.3) is 0 Å². The summed E-state index contributed by atoms with van der Waals surface area (Å²) in [6, 6.07) is 0. The standard InChI is InChI=1S/C8H17NO5S/c1-13-8(7-15(10,11)12)6-9-2-4-14-5-3-9/h8H,2-7H2,1H3,(H,10,11,12)/p-1. The maximum atomic E-state index is 10.6. The van der Waals surface area contributed by atoms with Crippen molar-refractivity contribution >= 4 is 10.1 Å². The van der Waals surface area contributed by atoms with Crippen molar-refractivity contribution in [2.75, 3.05) is 45.7 Å². The van der Waals surface area contributed by atoms with E-state index in [1.54, 1.807) is 0 Å². The molecule has 0 N–H and O–H groups in total. The molecule has 90 valence electrons. The van der Waals surface area contributed by atoms with E-state index >= 15 is 0 Å². The molecule has 1 rings (SSSR count). The second-order valence-corrected chi connectivity index (χ2v) is 4.94. The maximum Gasteiger partial charge on any atom is 0.0972 e. The molecule has 1 aliphatic heterocycles. The van der Waals surface area contributed by atoms with Crippen LogP contribution in [0.15, 0.2) is 0 Å². The summed E-state index contributed by atoms with van der Waals surface area (Å²) in [6.45, 7) is 3.24. The van der Waals surface area contributed by atoms with Crippen LogP contribution in [0.2, 0.25) is 0 Å². The van der Waals surface area contributed by atoms with Crippen molar-refractivity contribution in [1.82, 2.24) is 4.90 Å². The van der Waals surface area contributed by atoms with Gasteiger partial charge in [-0.1, -0.05) is 0 Å². The summed E-state index contributed by atoms with van der Waals surface area (Å²) in [5.74, 6) is -0.471. The Kier molecular flexibility index (Phi) is 4.94. The van der Waals surface area contributed by atoms with E-state index in [1.165, 1.54) is 7.11 Å². The summed E-state index contributed by atoms with van der Waals surface area (Å²) in [5, 5.41) is 0. The lowest BCUT2D eigenvalue weighted by Crippen LogP contribution is -2.43. The van der Waals surface area contributed by atoms with Crippen LogP contribution >= 0.6 is 0 Å². The number of rotatable bonds is 5. The van der Waals surface area contributed by atoms with Crippen molar-refractivity contribution in [3.05, 3.63) is 0 Å². The van der Waals surface area contributed by atoms with Crippen LogP contribution < -0.4 is 0 Å². The minimum absolute atomic E-state index is 0.460. The highest BCUT2D eigenvalue weighted by Crippen LogP contribution is 2.02. The molecule has 0 radical (unpaired) electrons. The SMILES string of the molecule is COC(CN1CCOCC1)CS(=O)(=O)[O-]. The summed E-state index contributed by atoms with van der Waals surface area (Å²) >= 11 is 0. The first-order valence-corrected chi connectivity index (χ1v) is 6.35. The van der Waals surface area contributed by atoms with Crippen LogP contribution in [0.3, 0.4) is 0 Å². The predicted molar refractivity (Wildman–Crippen MR) is 52.6 cm³/mol. The summed E-state index contributed by atoms with van der Waals surface area (Å²) in [7, 11) is -2.81. The summed E-state index contributed by atoms with van der Waals surface area (Å²) < 4.78 is 41.8. The number of morpholine rings is 1. The van der Waals surface area contributed by atoms with Crippen LogP contribution in [0.1, 0.15) is 0 Å². The Morgan fingerprint density at radius 2 is 2.07 bits per heavy atom. The van der Waals surface area contributed by atoms with Gasteiger partial charge in [-0.15, -0.1) is 0 Å². The molecule has 0 aromatic carbocycles. The monoisotopic (exact) mass is 238 g/mol. The largest absolute Gasteiger partial charge is 0.748 e. The molecular weight excluding hydrogens is 222 g/mol. The van der Waals surface area contributed by atoms with E-state index in [4.69, 9.17) is 9.47 Å². The van der Waals surface area contributed by atoms with Gasteiger partial charge in [0.05, 0.1) is 35.2 Å². The molecule has 1 unspecified atom stereocenters. The Balaban J connectivity index is 2.38. The van der Waals surface area contributed by atoms with E-state index in [0.29, 0.717) is 19.8 Å². The van der Waals surface area contributed by atoms with Crippen LogP contribution in [0.5, 0.6) is 0 Å². The molecule has 7 heteroatoms. The molecule has 6 nitrogen and oxygen atoms in total. The smallest absolute Gasteiger partial charge is 0.0972 e. The Morgan fingerprint density at radius 3 is 2.53 bits per heavy atom. The first-order valence-electron chi connectivity index (χ1n) is 4.78. The predicted octanol–water partition coefficient (Wildman–Crippen LogP) is -1.12. The lowest BCUT2D eigenvalue weighted by atomic mass is 10.3. The summed E-state index contributed by atoms with van der Waals surface area (Å²) in [4.78, 5) is 2.03. The fourth-order valence-corrected chi connectivity index (χ4v) is 2.19. The van der Waals surface area contributed by atoms with E-state index in [-0.39, 0.29) is 0 Å². The van der Waals surface area contributed by atoms with E-state index in [0.717, 1.165) is 13.1 Å². The third-order valence-electron chi connectivity index (χ3n) is 2.29. The first kappa shape index (κ1) is 12.9. The van der Waals surface area contributed by atoms with Crippen molar-refractivity contribution in [2.24, 2.45) is 0 Å². The summed E-state index contributed by atoms with van der Waals surface area (Å²) in [5.41, 5.74) is 0. The number of hydrogen-bond acceptors (Lipinski definition) is 6. The van der Waals surface area contributed by atoms with Crippen LogP contribution in [0.4, 0.5) is 0 Å². The van der Waals surface area contributed by atoms with Gasteiger partial charge in [-0.2, -0.15) is 0 Å². The quantitative estimate of drug-likeness (QED) is 0.564. The van der Waals surface area contributed by atoms with Gasteiger partial charge >= 0.3 is 0 Å². The third kappa shape index (κ3) is 5.43. The zero-order valence-corrected chi connectivity index (χ0v) is 9.53. The van der Waals surface area contributed by atoms with Gasteiger partial charge in [-0.25, -0.2) is 8.42 Å². The number of nitrogens with zero attached hydrogens (tertiary/aromatic N) is 1. The highest BCUT2D eigenvalue weighted by atomic mass is 32.2. The van der Waals surface area contributed by atoms with E-state index in [2.05, 4.69) is 0 Å². The van der Waals surface area contributed by atoms with Crippen LogP contribution in [-0.4, -0.2) is 69.7 Å². The maximum absolute atomic E-state index is 10.6. The Labute approximate surface area is 89.9 Å². The third-order valence-corrected chi connectivity index (χ3v) is 3.07. The normalized spacial score (nSPS) is 21.5. The van der Waals surface area contributed by atoms with Crippen molar-refractivity contribution in [3.8, 4) is 0 Å². The van der Waals surface area contributed by atoms with E-state index < -0.39 is 22.0 Å². The number of hydrogen-bond donors (Lipinski definition) is 0. The molecule has 0 amide bonds. The molecule has 1 heterocycles. The highest BCUT2D eigenvalue weighted by molar-refractivity contribution is 7.85. The van der Waals surface area contributed by atoms with Gasteiger partial charge in [-0.05, 0) is 0 Å². The Bertz CT molecular complexity index is 273. The van der Waals surface area contributed by atoms with Gasteiger partial charge < -0.3 is 14.0 Å². The fourth-order valence-electron chi connectivity index (χ4n) is 1.49. The van der Waals surface area contributed by atoms with Crippen LogP contribution in [0.25, 0.3) is 0 Å². The van der Waals surface area contributed by atoms with Gasteiger partial charge in [0, 0.05) is 26.7 Å². The van der Waals surface area contributed by atoms with Crippen molar-refractivity contribution in [3.63, 3.8) is 0 Å². The lowest BCUT2D eigenvalue weighted by Gasteiger charge is -2.30. The molecule has 0 saturated carbocycles. The molecule has 1 atom stereocenters. The van der Waals surface area contributed by atoms with Crippen molar-refractivity contribution < 1.29 is 22.4 Å². The van der Waals surface area contributed by atoms with Crippen LogP contribution in [0, 0.1) is 0 Å². The summed E-state index contributed by atoms with van der Waals surface area (Å²) in [6.07, 6.45) is -0.550. The van der Waals surface area contributed by atoms with Crippen molar-refractivity contribution in [1.29, 1.82) is 0 Å². The highest BCUT2D eigenvalue weighted by Gasteiger charge is 2.18.